The molecule has 0 aliphatic rings. The number of benzene rings is 1. The molecule has 1 rings (SSSR count). The van der Waals surface area contributed by atoms with Gasteiger partial charge in [-0.3, -0.25) is 9.59 Å². The van der Waals surface area contributed by atoms with Gasteiger partial charge in [0.05, 0.1) is 5.41 Å². The van der Waals surface area contributed by atoms with Crippen molar-refractivity contribution in [3.05, 3.63) is 34.9 Å². The fourth-order valence-corrected chi connectivity index (χ4v) is 1.54. The first-order valence-corrected chi connectivity index (χ1v) is 5.15. The average molecular weight is 220 g/mol. The van der Waals surface area contributed by atoms with Crippen LogP contribution in [0.15, 0.2) is 18.2 Å². The molecule has 0 bridgehead atoms. The highest BCUT2D eigenvalue weighted by atomic mass is 16.4. The quantitative estimate of drug-likeness (QED) is 0.793. The normalized spacial score (nSPS) is 11.2. The smallest absolute Gasteiger partial charge is 0.309 e. The SMILES string of the molecule is Cc1ccc(CC(C)(C)C(=O)O)c(C=O)c1. The summed E-state index contributed by atoms with van der Waals surface area (Å²) in [6.07, 6.45) is 1.14. The van der Waals surface area contributed by atoms with Gasteiger partial charge in [-0.15, -0.1) is 0 Å². The molecule has 0 atom stereocenters. The zero-order chi connectivity index (χ0) is 12.3. The Labute approximate surface area is 95.1 Å². The highest BCUT2D eigenvalue weighted by molar-refractivity contribution is 5.79. The molecule has 0 fully saturated rings. The molecule has 86 valence electrons. The highest BCUT2D eigenvalue weighted by Crippen LogP contribution is 2.24. The molecule has 0 aliphatic heterocycles. The minimum Gasteiger partial charge on any atom is -0.481 e. The van der Waals surface area contributed by atoms with Gasteiger partial charge < -0.3 is 5.11 Å². The second-order valence-electron chi connectivity index (χ2n) is 4.69. The van der Waals surface area contributed by atoms with Crippen molar-refractivity contribution in [1.29, 1.82) is 0 Å². The zero-order valence-electron chi connectivity index (χ0n) is 9.78. The van der Waals surface area contributed by atoms with Crippen molar-refractivity contribution in [2.45, 2.75) is 27.2 Å². The number of aliphatic carboxylic acids is 1. The van der Waals surface area contributed by atoms with Crippen molar-refractivity contribution in [3.8, 4) is 0 Å². The average Bonchev–Trinajstić information content (AvgIpc) is 2.20. The number of carboxylic acid groups (broad SMARTS) is 1. The Morgan fingerprint density at radius 3 is 2.56 bits per heavy atom. The molecule has 0 unspecified atom stereocenters. The second kappa shape index (κ2) is 4.47. The van der Waals surface area contributed by atoms with Crippen LogP contribution in [0.3, 0.4) is 0 Å². The summed E-state index contributed by atoms with van der Waals surface area (Å²) in [6.45, 7) is 5.21. The van der Waals surface area contributed by atoms with E-state index in [0.29, 0.717) is 12.0 Å². The molecule has 0 saturated carbocycles. The molecule has 1 aromatic rings. The molecule has 16 heavy (non-hydrogen) atoms. The van der Waals surface area contributed by atoms with Gasteiger partial charge in [0.25, 0.3) is 0 Å². The van der Waals surface area contributed by atoms with E-state index in [1.165, 1.54) is 0 Å². The van der Waals surface area contributed by atoms with E-state index in [9.17, 15) is 9.59 Å². The zero-order valence-corrected chi connectivity index (χ0v) is 9.78. The first-order chi connectivity index (χ1) is 7.36. The number of rotatable bonds is 4. The summed E-state index contributed by atoms with van der Waals surface area (Å²) >= 11 is 0. The molecule has 1 aromatic carbocycles. The van der Waals surface area contributed by atoms with E-state index >= 15 is 0 Å². The molecule has 0 aromatic heterocycles. The van der Waals surface area contributed by atoms with Gasteiger partial charge in [-0.1, -0.05) is 17.7 Å². The summed E-state index contributed by atoms with van der Waals surface area (Å²) in [5.74, 6) is -0.857. The largest absolute Gasteiger partial charge is 0.481 e. The third-order valence-corrected chi connectivity index (χ3v) is 2.64. The predicted molar refractivity (Wildman–Crippen MR) is 61.7 cm³/mol. The lowest BCUT2D eigenvalue weighted by Crippen LogP contribution is -2.26. The van der Waals surface area contributed by atoms with Gasteiger partial charge in [0, 0.05) is 5.56 Å². The number of aryl methyl sites for hydroxylation is 1. The Hall–Kier alpha value is -1.64. The van der Waals surface area contributed by atoms with Crippen LogP contribution in [0.25, 0.3) is 0 Å². The van der Waals surface area contributed by atoms with E-state index < -0.39 is 11.4 Å². The maximum atomic E-state index is 11.0. The molecule has 1 N–H and O–H groups in total. The van der Waals surface area contributed by atoms with Gasteiger partial charge in [0.2, 0.25) is 0 Å². The number of aldehydes is 1. The summed E-state index contributed by atoms with van der Waals surface area (Å²) in [7, 11) is 0. The Bertz CT molecular complexity index is 419. The topological polar surface area (TPSA) is 54.4 Å². The first kappa shape index (κ1) is 12.4. The van der Waals surface area contributed by atoms with Gasteiger partial charge in [-0.25, -0.2) is 0 Å². The molecule has 0 saturated heterocycles. The molecule has 0 aliphatic carbocycles. The number of carbonyl (C=O) groups is 2. The lowest BCUT2D eigenvalue weighted by Gasteiger charge is -2.20. The van der Waals surface area contributed by atoms with Gasteiger partial charge >= 0.3 is 5.97 Å². The molecule has 3 heteroatoms. The maximum Gasteiger partial charge on any atom is 0.309 e. The van der Waals surface area contributed by atoms with Crippen molar-refractivity contribution >= 4 is 12.3 Å². The van der Waals surface area contributed by atoms with Crippen LogP contribution in [-0.4, -0.2) is 17.4 Å². The molecule has 3 nitrogen and oxygen atoms in total. The van der Waals surface area contributed by atoms with Crippen LogP contribution in [0.4, 0.5) is 0 Å². The first-order valence-electron chi connectivity index (χ1n) is 5.15. The van der Waals surface area contributed by atoms with Crippen LogP contribution in [0, 0.1) is 12.3 Å². The molecular weight excluding hydrogens is 204 g/mol. The summed E-state index contributed by atoms with van der Waals surface area (Å²) in [6, 6.07) is 5.49. The predicted octanol–water partition coefficient (Wildman–Crippen LogP) is 2.46. The fraction of sp³-hybridized carbons (Fsp3) is 0.385. The van der Waals surface area contributed by atoms with Crippen LogP contribution >= 0.6 is 0 Å². The molecule has 0 heterocycles. The van der Waals surface area contributed by atoms with Gasteiger partial charge in [-0.2, -0.15) is 0 Å². The number of carboxylic acids is 1. The molecule has 0 radical (unpaired) electrons. The standard InChI is InChI=1S/C13H16O3/c1-9-4-5-10(11(6-9)8-14)7-13(2,3)12(15)16/h4-6,8H,7H2,1-3H3,(H,15,16). The minimum absolute atomic E-state index is 0.358. The van der Waals surface area contributed by atoms with Gasteiger partial charge in [0.15, 0.2) is 0 Å². The molecule has 0 amide bonds. The monoisotopic (exact) mass is 220 g/mol. The van der Waals surface area contributed by atoms with Crippen LogP contribution in [0.5, 0.6) is 0 Å². The Morgan fingerprint density at radius 1 is 1.44 bits per heavy atom. The van der Waals surface area contributed by atoms with E-state index in [-0.39, 0.29) is 0 Å². The third-order valence-electron chi connectivity index (χ3n) is 2.64. The van der Waals surface area contributed by atoms with E-state index in [2.05, 4.69) is 0 Å². The van der Waals surface area contributed by atoms with E-state index in [1.807, 2.05) is 19.1 Å². The number of hydrogen-bond acceptors (Lipinski definition) is 2. The molecule has 0 spiro atoms. The van der Waals surface area contributed by atoms with Crippen LogP contribution in [0.2, 0.25) is 0 Å². The van der Waals surface area contributed by atoms with Crippen molar-refractivity contribution in [2.24, 2.45) is 5.41 Å². The van der Waals surface area contributed by atoms with Gasteiger partial charge in [-0.05, 0) is 38.8 Å². The van der Waals surface area contributed by atoms with E-state index in [1.54, 1.807) is 19.9 Å². The van der Waals surface area contributed by atoms with Crippen LogP contribution in [-0.2, 0) is 11.2 Å². The number of carbonyl (C=O) groups excluding carboxylic acids is 1. The Kier molecular flexibility index (Phi) is 3.48. The minimum atomic E-state index is -0.857. The van der Waals surface area contributed by atoms with Gasteiger partial charge in [0.1, 0.15) is 6.29 Å². The van der Waals surface area contributed by atoms with Crippen LogP contribution in [0.1, 0.15) is 35.3 Å². The van der Waals surface area contributed by atoms with Crippen LogP contribution < -0.4 is 0 Å². The molecular formula is C13H16O3. The summed E-state index contributed by atoms with van der Waals surface area (Å²) in [4.78, 5) is 21.9. The second-order valence-corrected chi connectivity index (χ2v) is 4.69. The maximum absolute atomic E-state index is 11.0. The fourth-order valence-electron chi connectivity index (χ4n) is 1.54. The van der Waals surface area contributed by atoms with E-state index in [4.69, 9.17) is 5.11 Å². The van der Waals surface area contributed by atoms with Crippen molar-refractivity contribution in [2.75, 3.05) is 0 Å². The Morgan fingerprint density at radius 2 is 2.06 bits per heavy atom. The summed E-state index contributed by atoms with van der Waals surface area (Å²) < 4.78 is 0. The third kappa shape index (κ3) is 2.69. The summed E-state index contributed by atoms with van der Waals surface area (Å²) in [5, 5.41) is 9.03. The van der Waals surface area contributed by atoms with Crippen molar-refractivity contribution in [3.63, 3.8) is 0 Å². The summed E-state index contributed by atoms with van der Waals surface area (Å²) in [5.41, 5.74) is 1.51. The Balaban J connectivity index is 3.06. The van der Waals surface area contributed by atoms with Crippen molar-refractivity contribution in [1.82, 2.24) is 0 Å². The van der Waals surface area contributed by atoms with Crippen molar-refractivity contribution < 1.29 is 14.7 Å². The number of hydrogen-bond donors (Lipinski definition) is 1. The lowest BCUT2D eigenvalue weighted by atomic mass is 9.84. The van der Waals surface area contributed by atoms with E-state index in [0.717, 1.165) is 17.4 Å². The highest BCUT2D eigenvalue weighted by Gasteiger charge is 2.28. The lowest BCUT2D eigenvalue weighted by molar-refractivity contribution is -0.146.